The Labute approximate surface area is 133 Å². The van der Waals surface area contributed by atoms with Crippen molar-refractivity contribution in [2.75, 3.05) is 6.61 Å². The first-order valence-electron chi connectivity index (χ1n) is 6.82. The van der Waals surface area contributed by atoms with Crippen LogP contribution in [0.4, 0.5) is 0 Å². The van der Waals surface area contributed by atoms with Gasteiger partial charge in [-0.25, -0.2) is 9.78 Å². The number of ether oxygens (including phenoxy) is 1. The van der Waals surface area contributed by atoms with Crippen LogP contribution in [0.25, 0.3) is 0 Å². The van der Waals surface area contributed by atoms with Crippen LogP contribution in [0.15, 0.2) is 27.6 Å². The number of pyridine rings is 1. The average molecular weight is 316 g/mol. The summed E-state index contributed by atoms with van der Waals surface area (Å²) < 4.78 is 10.3. The van der Waals surface area contributed by atoms with Gasteiger partial charge in [-0.3, -0.25) is 0 Å². The molecule has 0 bridgehead atoms. The summed E-state index contributed by atoms with van der Waals surface area (Å²) in [6, 6.07) is 7.38. The summed E-state index contributed by atoms with van der Waals surface area (Å²) in [5.74, 6) is 0.842. The molecule has 0 N–H and O–H groups in total. The smallest absolute Gasteiger partial charge is 0.374 e. The second kappa shape index (κ2) is 7.14. The normalized spacial score (nSPS) is 10.3. The van der Waals surface area contributed by atoms with Crippen LogP contribution >= 0.6 is 11.8 Å². The van der Waals surface area contributed by atoms with Crippen LogP contribution in [0.3, 0.4) is 0 Å². The number of nitriles is 1. The number of rotatable bonds is 5. The zero-order chi connectivity index (χ0) is 16.1. The first-order chi connectivity index (χ1) is 10.5. The predicted octanol–water partition coefficient (Wildman–Crippen LogP) is 3.63. The van der Waals surface area contributed by atoms with E-state index in [-0.39, 0.29) is 5.76 Å². The van der Waals surface area contributed by atoms with Crippen LogP contribution < -0.4 is 0 Å². The second-order valence-electron chi connectivity index (χ2n) is 4.65. The van der Waals surface area contributed by atoms with Crippen LogP contribution in [-0.4, -0.2) is 17.6 Å². The Morgan fingerprint density at radius 2 is 2.23 bits per heavy atom. The molecular weight excluding hydrogens is 300 g/mol. The molecule has 2 heterocycles. The molecule has 0 saturated heterocycles. The van der Waals surface area contributed by atoms with E-state index in [2.05, 4.69) is 11.1 Å². The summed E-state index contributed by atoms with van der Waals surface area (Å²) in [6.45, 7) is 5.83. The number of hydrogen-bond acceptors (Lipinski definition) is 6. The van der Waals surface area contributed by atoms with Crippen molar-refractivity contribution >= 4 is 17.7 Å². The lowest BCUT2D eigenvalue weighted by Crippen LogP contribution is -2.02. The van der Waals surface area contributed by atoms with Crippen molar-refractivity contribution in [3.8, 4) is 6.07 Å². The van der Waals surface area contributed by atoms with E-state index in [1.165, 1.54) is 11.8 Å². The minimum atomic E-state index is -0.471. The number of thioether (sulfide) groups is 1. The molecule has 0 atom stereocenters. The van der Waals surface area contributed by atoms with E-state index >= 15 is 0 Å². The van der Waals surface area contributed by atoms with Crippen molar-refractivity contribution in [3.63, 3.8) is 0 Å². The first kappa shape index (κ1) is 16.1. The van der Waals surface area contributed by atoms with Gasteiger partial charge >= 0.3 is 5.97 Å². The molecule has 0 fully saturated rings. The molecule has 6 heteroatoms. The maximum absolute atomic E-state index is 11.5. The van der Waals surface area contributed by atoms with Gasteiger partial charge in [0, 0.05) is 5.69 Å². The Hall–Kier alpha value is -2.26. The highest BCUT2D eigenvalue weighted by atomic mass is 32.2. The molecule has 0 aliphatic carbocycles. The quantitative estimate of drug-likeness (QED) is 0.619. The molecular formula is C16H16N2O3S. The molecule has 0 aromatic carbocycles. The van der Waals surface area contributed by atoms with Gasteiger partial charge in [0.1, 0.15) is 16.9 Å². The maximum atomic E-state index is 11.5. The van der Waals surface area contributed by atoms with Crippen LogP contribution in [0, 0.1) is 25.2 Å². The summed E-state index contributed by atoms with van der Waals surface area (Å²) in [6.07, 6.45) is 0. The van der Waals surface area contributed by atoms with E-state index < -0.39 is 5.97 Å². The minimum Gasteiger partial charge on any atom is -0.460 e. The Morgan fingerprint density at radius 1 is 1.45 bits per heavy atom. The zero-order valence-corrected chi connectivity index (χ0v) is 13.5. The number of carbonyl (C=O) groups excluding carboxylic acids is 1. The number of esters is 1. The third-order valence-corrected chi connectivity index (χ3v) is 3.91. The molecule has 114 valence electrons. The van der Waals surface area contributed by atoms with Gasteiger partial charge in [-0.15, -0.1) is 0 Å². The zero-order valence-electron chi connectivity index (χ0n) is 12.7. The van der Waals surface area contributed by atoms with Gasteiger partial charge in [0.2, 0.25) is 5.76 Å². The largest absolute Gasteiger partial charge is 0.460 e. The fourth-order valence-corrected chi connectivity index (χ4v) is 2.94. The molecule has 2 rings (SSSR count). The third-order valence-electron chi connectivity index (χ3n) is 2.91. The molecule has 0 spiro atoms. The van der Waals surface area contributed by atoms with Gasteiger partial charge in [-0.2, -0.15) is 5.26 Å². The molecule has 0 aliphatic rings. The van der Waals surface area contributed by atoms with Gasteiger partial charge in [0.15, 0.2) is 0 Å². The second-order valence-corrected chi connectivity index (χ2v) is 5.61. The van der Waals surface area contributed by atoms with E-state index in [0.29, 0.717) is 28.7 Å². The number of furan rings is 1. The molecule has 5 nitrogen and oxygen atoms in total. The molecule has 0 aliphatic heterocycles. The number of nitrogens with zero attached hydrogens (tertiary/aromatic N) is 2. The summed E-state index contributed by atoms with van der Waals surface area (Å²) in [5.41, 5.74) is 2.35. The first-order valence-corrected chi connectivity index (χ1v) is 7.80. The Balaban J connectivity index is 2.11. The van der Waals surface area contributed by atoms with Crippen LogP contribution in [-0.2, 0) is 10.5 Å². The number of aryl methyl sites for hydroxylation is 2. The minimum absolute atomic E-state index is 0.186. The molecule has 0 saturated carbocycles. The van der Waals surface area contributed by atoms with E-state index in [1.54, 1.807) is 19.1 Å². The van der Waals surface area contributed by atoms with Crippen molar-refractivity contribution in [3.05, 3.63) is 46.5 Å². The Kier molecular flexibility index (Phi) is 5.23. The lowest BCUT2D eigenvalue weighted by atomic mass is 10.1. The highest BCUT2D eigenvalue weighted by Crippen LogP contribution is 2.27. The molecule has 0 amide bonds. The van der Waals surface area contributed by atoms with Crippen LogP contribution in [0.1, 0.15) is 40.1 Å². The van der Waals surface area contributed by atoms with Crippen LogP contribution in [0.2, 0.25) is 0 Å². The maximum Gasteiger partial charge on any atom is 0.374 e. The van der Waals surface area contributed by atoms with Crippen LogP contribution in [0.5, 0.6) is 0 Å². The van der Waals surface area contributed by atoms with E-state index in [4.69, 9.17) is 9.15 Å². The molecule has 2 aromatic rings. The van der Waals surface area contributed by atoms with Gasteiger partial charge in [0.25, 0.3) is 0 Å². The van der Waals surface area contributed by atoms with Gasteiger partial charge in [-0.05, 0) is 44.5 Å². The van der Waals surface area contributed by atoms with Gasteiger partial charge < -0.3 is 9.15 Å². The van der Waals surface area contributed by atoms with Crippen molar-refractivity contribution in [1.82, 2.24) is 4.98 Å². The van der Waals surface area contributed by atoms with Crippen molar-refractivity contribution in [2.24, 2.45) is 0 Å². The monoisotopic (exact) mass is 316 g/mol. The SMILES string of the molecule is CCOC(=O)c1ccc(CSc2nc(C)cc(C)c2C#N)o1. The lowest BCUT2D eigenvalue weighted by Gasteiger charge is -2.06. The summed E-state index contributed by atoms with van der Waals surface area (Å²) in [5, 5.41) is 9.91. The Morgan fingerprint density at radius 3 is 2.91 bits per heavy atom. The number of aromatic nitrogens is 1. The standard InChI is InChI=1S/C16H16N2O3S/c1-4-20-16(19)14-6-5-12(21-14)9-22-15-13(8-17)10(2)7-11(3)18-15/h5-7H,4,9H2,1-3H3. The lowest BCUT2D eigenvalue weighted by molar-refractivity contribution is 0.0488. The topological polar surface area (TPSA) is 76.1 Å². The highest BCUT2D eigenvalue weighted by molar-refractivity contribution is 7.98. The molecule has 22 heavy (non-hydrogen) atoms. The fourth-order valence-electron chi connectivity index (χ4n) is 1.95. The predicted molar refractivity (Wildman–Crippen MR) is 82.7 cm³/mol. The molecule has 0 unspecified atom stereocenters. The summed E-state index contributed by atoms with van der Waals surface area (Å²) in [7, 11) is 0. The van der Waals surface area contributed by atoms with Gasteiger partial charge in [0.05, 0.1) is 17.9 Å². The van der Waals surface area contributed by atoms with E-state index in [0.717, 1.165) is 11.3 Å². The number of carbonyl (C=O) groups is 1. The molecule has 0 radical (unpaired) electrons. The molecule has 2 aromatic heterocycles. The summed E-state index contributed by atoms with van der Waals surface area (Å²) in [4.78, 5) is 15.9. The Bertz CT molecular complexity index is 731. The van der Waals surface area contributed by atoms with Crippen molar-refractivity contribution in [1.29, 1.82) is 5.26 Å². The van der Waals surface area contributed by atoms with E-state index in [9.17, 15) is 10.1 Å². The van der Waals surface area contributed by atoms with E-state index in [1.807, 2.05) is 19.9 Å². The third kappa shape index (κ3) is 3.68. The van der Waals surface area contributed by atoms with Gasteiger partial charge in [-0.1, -0.05) is 11.8 Å². The highest BCUT2D eigenvalue weighted by Gasteiger charge is 2.14. The summed E-state index contributed by atoms with van der Waals surface area (Å²) >= 11 is 1.41. The van der Waals surface area contributed by atoms with Crippen molar-refractivity contribution < 1.29 is 13.9 Å². The number of hydrogen-bond donors (Lipinski definition) is 0. The fraction of sp³-hybridized carbons (Fsp3) is 0.312. The van der Waals surface area contributed by atoms with Crippen molar-refractivity contribution in [2.45, 2.75) is 31.6 Å². The average Bonchev–Trinajstić information content (AvgIpc) is 2.94.